The van der Waals surface area contributed by atoms with Gasteiger partial charge in [0.25, 0.3) is 0 Å². The molecule has 0 spiro atoms. The molecule has 0 saturated carbocycles. The fourth-order valence-corrected chi connectivity index (χ4v) is 2.59. The minimum Gasteiger partial charge on any atom is -0.393 e. The largest absolute Gasteiger partial charge is 0.393 e. The summed E-state index contributed by atoms with van der Waals surface area (Å²) >= 11 is 5.04. The monoisotopic (exact) mass is 296 g/mol. The number of benzene rings is 1. The Morgan fingerprint density at radius 3 is 2.67 bits per heavy atom. The Balaban J connectivity index is 1.93. The van der Waals surface area contributed by atoms with Gasteiger partial charge in [0.2, 0.25) is 0 Å². The summed E-state index contributed by atoms with van der Waals surface area (Å²) in [5, 5.41) is 0. The first-order valence-electron chi connectivity index (χ1n) is 6.85. The molecule has 0 atom stereocenters. The van der Waals surface area contributed by atoms with Crippen LogP contribution in [0.25, 0.3) is 11.0 Å². The number of imidazole rings is 1. The van der Waals surface area contributed by atoms with Crippen molar-refractivity contribution in [2.75, 3.05) is 0 Å². The van der Waals surface area contributed by atoms with E-state index in [4.69, 9.17) is 18.0 Å². The second-order valence-corrected chi connectivity index (χ2v) is 5.44. The van der Waals surface area contributed by atoms with Crippen LogP contribution in [0.1, 0.15) is 11.4 Å². The molecule has 4 nitrogen and oxygen atoms in total. The Labute approximate surface area is 128 Å². The van der Waals surface area contributed by atoms with E-state index in [0.717, 1.165) is 29.8 Å². The molecule has 0 unspecified atom stereocenters. The predicted molar refractivity (Wildman–Crippen MR) is 88.2 cm³/mol. The van der Waals surface area contributed by atoms with E-state index in [1.165, 1.54) is 5.56 Å². The van der Waals surface area contributed by atoms with Gasteiger partial charge in [-0.25, -0.2) is 4.98 Å². The molecule has 2 N–H and O–H groups in total. The smallest absolute Gasteiger partial charge is 0.116 e. The van der Waals surface area contributed by atoms with E-state index in [1.807, 2.05) is 42.7 Å². The Morgan fingerprint density at radius 2 is 1.90 bits per heavy atom. The minimum atomic E-state index is 0.468. The number of nitrogens with two attached hydrogens (primary N) is 1. The SMILES string of the molecule is NC(=S)Cc1nc2ccccc2n1CCc1ccncc1. The van der Waals surface area contributed by atoms with Gasteiger partial charge in [-0.15, -0.1) is 0 Å². The highest BCUT2D eigenvalue weighted by molar-refractivity contribution is 7.80. The third-order valence-electron chi connectivity index (χ3n) is 3.44. The summed E-state index contributed by atoms with van der Waals surface area (Å²) in [5.74, 6) is 0.928. The quantitative estimate of drug-likeness (QED) is 0.735. The van der Waals surface area contributed by atoms with Gasteiger partial charge in [0.05, 0.1) is 22.4 Å². The van der Waals surface area contributed by atoms with Crippen LogP contribution in [0.3, 0.4) is 0 Å². The first kappa shape index (κ1) is 13.7. The molecule has 0 fully saturated rings. The highest BCUT2D eigenvalue weighted by atomic mass is 32.1. The van der Waals surface area contributed by atoms with Gasteiger partial charge >= 0.3 is 0 Å². The number of aromatic nitrogens is 3. The number of rotatable bonds is 5. The lowest BCUT2D eigenvalue weighted by molar-refractivity contribution is 0.685. The summed E-state index contributed by atoms with van der Waals surface area (Å²) in [5.41, 5.74) is 9.05. The van der Waals surface area contributed by atoms with Gasteiger partial charge in [-0.3, -0.25) is 4.98 Å². The molecule has 0 aliphatic rings. The fraction of sp³-hybridized carbons (Fsp3) is 0.188. The lowest BCUT2D eigenvalue weighted by atomic mass is 10.2. The second-order valence-electron chi connectivity index (χ2n) is 4.92. The molecule has 0 aliphatic carbocycles. The number of pyridine rings is 1. The van der Waals surface area contributed by atoms with E-state index >= 15 is 0 Å². The lowest BCUT2D eigenvalue weighted by Gasteiger charge is -2.09. The van der Waals surface area contributed by atoms with Crippen molar-refractivity contribution < 1.29 is 0 Å². The van der Waals surface area contributed by atoms with Crippen LogP contribution in [-0.4, -0.2) is 19.5 Å². The van der Waals surface area contributed by atoms with Crippen LogP contribution in [0.4, 0.5) is 0 Å². The number of fused-ring (bicyclic) bond motifs is 1. The molecule has 0 bridgehead atoms. The van der Waals surface area contributed by atoms with Gasteiger partial charge < -0.3 is 10.3 Å². The zero-order valence-corrected chi connectivity index (χ0v) is 12.4. The molecule has 1 aromatic carbocycles. The zero-order chi connectivity index (χ0) is 14.7. The zero-order valence-electron chi connectivity index (χ0n) is 11.6. The van der Waals surface area contributed by atoms with Crippen LogP contribution < -0.4 is 5.73 Å². The molecule has 106 valence electrons. The molecular weight excluding hydrogens is 280 g/mol. The van der Waals surface area contributed by atoms with Gasteiger partial charge in [0, 0.05) is 18.9 Å². The Hall–Kier alpha value is -2.27. The maximum Gasteiger partial charge on any atom is 0.116 e. The van der Waals surface area contributed by atoms with Crippen molar-refractivity contribution in [2.45, 2.75) is 19.4 Å². The van der Waals surface area contributed by atoms with Gasteiger partial charge in [0.15, 0.2) is 0 Å². The first-order valence-corrected chi connectivity index (χ1v) is 7.26. The topological polar surface area (TPSA) is 56.7 Å². The Bertz CT molecular complexity index is 764. The molecule has 0 aliphatic heterocycles. The first-order chi connectivity index (χ1) is 10.2. The third kappa shape index (κ3) is 3.08. The molecule has 5 heteroatoms. The number of hydrogen-bond donors (Lipinski definition) is 1. The number of thiocarbonyl (C=S) groups is 1. The summed E-state index contributed by atoms with van der Waals surface area (Å²) in [4.78, 5) is 9.16. The molecule has 2 aromatic heterocycles. The van der Waals surface area contributed by atoms with E-state index < -0.39 is 0 Å². The standard InChI is InChI=1S/C16H16N4S/c17-15(21)11-16-19-13-3-1-2-4-14(13)20(16)10-7-12-5-8-18-9-6-12/h1-6,8-9H,7,10-11H2,(H2,17,21). The molecule has 2 heterocycles. The van der Waals surface area contributed by atoms with E-state index in [0.29, 0.717) is 11.4 Å². The summed E-state index contributed by atoms with van der Waals surface area (Å²) in [7, 11) is 0. The van der Waals surface area contributed by atoms with E-state index in [9.17, 15) is 0 Å². The fourth-order valence-electron chi connectivity index (χ4n) is 2.46. The van der Waals surface area contributed by atoms with Gasteiger partial charge in [-0.2, -0.15) is 0 Å². The van der Waals surface area contributed by atoms with Crippen LogP contribution in [0, 0.1) is 0 Å². The number of aryl methyl sites for hydroxylation is 2. The van der Waals surface area contributed by atoms with Crippen LogP contribution >= 0.6 is 12.2 Å². The second kappa shape index (κ2) is 6.01. The summed E-state index contributed by atoms with van der Waals surface area (Å²) in [6.45, 7) is 0.850. The molecular formula is C16H16N4S. The molecule has 0 amide bonds. The minimum absolute atomic E-state index is 0.468. The van der Waals surface area contributed by atoms with Crippen molar-refractivity contribution in [3.8, 4) is 0 Å². The van der Waals surface area contributed by atoms with Crippen molar-refractivity contribution in [2.24, 2.45) is 5.73 Å². The highest BCUT2D eigenvalue weighted by Crippen LogP contribution is 2.17. The summed E-state index contributed by atoms with van der Waals surface area (Å²) in [6, 6.07) is 12.2. The molecule has 21 heavy (non-hydrogen) atoms. The van der Waals surface area contributed by atoms with E-state index in [2.05, 4.69) is 20.6 Å². The van der Waals surface area contributed by atoms with Gasteiger partial charge in [0.1, 0.15) is 5.82 Å². The summed E-state index contributed by atoms with van der Waals surface area (Å²) in [6.07, 6.45) is 5.09. The average molecular weight is 296 g/mol. The van der Waals surface area contributed by atoms with Gasteiger partial charge in [-0.1, -0.05) is 24.4 Å². The van der Waals surface area contributed by atoms with Crippen LogP contribution in [0.15, 0.2) is 48.8 Å². The van der Waals surface area contributed by atoms with Crippen LogP contribution in [0.2, 0.25) is 0 Å². The normalized spacial score (nSPS) is 10.9. The van der Waals surface area contributed by atoms with Crippen molar-refractivity contribution in [3.63, 3.8) is 0 Å². The lowest BCUT2D eigenvalue weighted by Crippen LogP contribution is -2.16. The maximum atomic E-state index is 5.69. The molecule has 3 aromatic rings. The highest BCUT2D eigenvalue weighted by Gasteiger charge is 2.11. The van der Waals surface area contributed by atoms with E-state index in [-0.39, 0.29) is 0 Å². The van der Waals surface area contributed by atoms with Crippen molar-refractivity contribution in [3.05, 3.63) is 60.2 Å². The Kier molecular flexibility index (Phi) is 3.92. The number of para-hydroxylation sites is 2. The van der Waals surface area contributed by atoms with Crippen molar-refractivity contribution >= 4 is 28.2 Å². The number of hydrogen-bond acceptors (Lipinski definition) is 3. The predicted octanol–water partition coefficient (Wildman–Crippen LogP) is 2.50. The Morgan fingerprint density at radius 1 is 1.14 bits per heavy atom. The maximum absolute atomic E-state index is 5.69. The van der Waals surface area contributed by atoms with Crippen molar-refractivity contribution in [1.82, 2.24) is 14.5 Å². The van der Waals surface area contributed by atoms with Crippen LogP contribution in [-0.2, 0) is 19.4 Å². The number of nitrogens with zero attached hydrogens (tertiary/aromatic N) is 3. The third-order valence-corrected chi connectivity index (χ3v) is 3.58. The average Bonchev–Trinajstić information content (AvgIpc) is 2.82. The van der Waals surface area contributed by atoms with Gasteiger partial charge in [-0.05, 0) is 36.2 Å². The molecule has 0 radical (unpaired) electrons. The molecule has 3 rings (SSSR count). The van der Waals surface area contributed by atoms with Crippen molar-refractivity contribution in [1.29, 1.82) is 0 Å². The van der Waals surface area contributed by atoms with E-state index in [1.54, 1.807) is 0 Å². The van der Waals surface area contributed by atoms with Crippen LogP contribution in [0.5, 0.6) is 0 Å². The molecule has 0 saturated heterocycles. The summed E-state index contributed by atoms with van der Waals surface area (Å²) < 4.78 is 2.20.